The van der Waals surface area contributed by atoms with Crippen molar-refractivity contribution in [2.75, 3.05) is 26.9 Å². The second-order valence-corrected chi connectivity index (χ2v) is 20.8. The molecular formula is C38H46Cl2FNO6Si. The van der Waals surface area contributed by atoms with Gasteiger partial charge in [0.25, 0.3) is 5.91 Å². The van der Waals surface area contributed by atoms with Crippen molar-refractivity contribution in [1.82, 2.24) is 4.90 Å². The largest absolute Gasteiger partial charge is 0.466 e. The minimum absolute atomic E-state index is 0.00485. The molecule has 3 aromatic rings. The van der Waals surface area contributed by atoms with E-state index in [1.165, 1.54) is 18.1 Å². The number of hydrogen-bond acceptors (Lipinski definition) is 6. The molecule has 3 aromatic carbocycles. The SMILES string of the molecule is CC[C@@](O)(c1cc(F)c2c(c1)C(=O)N([C@H](c1ccc(Cl)cc1)[C@H](C)C(=O)OCC[Si](C)(C)C)[C@@]2(OC)c1ccc(Cl)cc1)C1CCOCC1. The summed E-state index contributed by atoms with van der Waals surface area (Å²) in [5, 5.41) is 13.0. The molecule has 7 nitrogen and oxygen atoms in total. The van der Waals surface area contributed by atoms with Gasteiger partial charge in [-0.1, -0.05) is 74.0 Å². The van der Waals surface area contributed by atoms with Crippen LogP contribution in [0.4, 0.5) is 4.39 Å². The summed E-state index contributed by atoms with van der Waals surface area (Å²) in [7, 11) is -0.0987. The summed E-state index contributed by atoms with van der Waals surface area (Å²) >= 11 is 12.6. The zero-order valence-electron chi connectivity index (χ0n) is 29.0. The Morgan fingerprint density at radius 1 is 1.08 bits per heavy atom. The van der Waals surface area contributed by atoms with Gasteiger partial charge in [-0.15, -0.1) is 0 Å². The second-order valence-electron chi connectivity index (χ2n) is 14.3. The lowest BCUT2D eigenvalue weighted by molar-refractivity contribution is -0.155. The van der Waals surface area contributed by atoms with Gasteiger partial charge in [-0.2, -0.15) is 0 Å². The Kier molecular flexibility index (Phi) is 11.3. The minimum Gasteiger partial charge on any atom is -0.466 e. The molecule has 264 valence electrons. The normalized spacial score (nSPS) is 20.9. The molecular weight excluding hydrogens is 684 g/mol. The first-order valence-corrected chi connectivity index (χ1v) is 21.4. The van der Waals surface area contributed by atoms with Gasteiger partial charge in [0.05, 0.1) is 35.3 Å². The van der Waals surface area contributed by atoms with Crippen LogP contribution in [0.5, 0.6) is 0 Å². The molecule has 0 radical (unpaired) electrons. The van der Waals surface area contributed by atoms with Crippen molar-refractivity contribution in [3.8, 4) is 0 Å². The zero-order valence-corrected chi connectivity index (χ0v) is 31.5. The molecule has 1 amide bonds. The second kappa shape index (κ2) is 14.8. The van der Waals surface area contributed by atoms with Crippen LogP contribution >= 0.6 is 23.2 Å². The number of methoxy groups -OCH3 is 1. The van der Waals surface area contributed by atoms with E-state index in [-0.39, 0.29) is 23.7 Å². The number of benzene rings is 3. The van der Waals surface area contributed by atoms with Gasteiger partial charge >= 0.3 is 5.97 Å². The fourth-order valence-electron chi connectivity index (χ4n) is 7.31. The minimum atomic E-state index is -1.82. The smallest absolute Gasteiger partial charge is 0.311 e. The molecule has 5 rings (SSSR count). The number of nitrogens with zero attached hydrogens (tertiary/aromatic N) is 1. The van der Waals surface area contributed by atoms with E-state index >= 15 is 9.18 Å². The van der Waals surface area contributed by atoms with Crippen LogP contribution < -0.4 is 0 Å². The lowest BCUT2D eigenvalue weighted by atomic mass is 9.74. The third kappa shape index (κ3) is 7.21. The summed E-state index contributed by atoms with van der Waals surface area (Å²) in [6.07, 6.45) is 1.52. The molecule has 2 aliphatic heterocycles. The van der Waals surface area contributed by atoms with Crippen molar-refractivity contribution in [2.24, 2.45) is 11.8 Å². The highest BCUT2D eigenvalue weighted by molar-refractivity contribution is 6.76. The Morgan fingerprint density at radius 2 is 1.67 bits per heavy atom. The maximum absolute atomic E-state index is 17.0. The highest BCUT2D eigenvalue weighted by atomic mass is 35.5. The van der Waals surface area contributed by atoms with E-state index in [4.69, 9.17) is 37.4 Å². The van der Waals surface area contributed by atoms with Gasteiger partial charge in [-0.25, -0.2) is 4.39 Å². The third-order valence-corrected chi connectivity index (χ3v) is 12.3. The Labute approximate surface area is 299 Å². The Morgan fingerprint density at radius 3 is 2.22 bits per heavy atom. The van der Waals surface area contributed by atoms with Gasteiger partial charge in [0.1, 0.15) is 5.82 Å². The van der Waals surface area contributed by atoms with Gasteiger partial charge in [0, 0.05) is 44.0 Å². The van der Waals surface area contributed by atoms with Crippen LogP contribution in [0.1, 0.15) is 71.8 Å². The number of carbonyl (C=O) groups excluding carboxylic acids is 2. The fourth-order valence-corrected chi connectivity index (χ4v) is 8.27. The number of fused-ring (bicyclic) bond motifs is 1. The van der Waals surface area contributed by atoms with Crippen molar-refractivity contribution in [2.45, 2.75) is 76.2 Å². The maximum atomic E-state index is 17.0. The maximum Gasteiger partial charge on any atom is 0.311 e. The van der Waals surface area contributed by atoms with Gasteiger partial charge in [0.2, 0.25) is 0 Å². The van der Waals surface area contributed by atoms with E-state index in [0.29, 0.717) is 59.2 Å². The standard InChI is InChI=1S/C38H46Cl2FNO6Si/c1-7-37(45,26-16-18-47-19-17-26)28-22-31-33(32(41)23-28)38(46-3,27-10-14-30(40)15-11-27)42(35(31)43)34(25-8-12-29(39)13-9-25)24(2)36(44)48-20-21-49(4,5)6/h8-15,22-24,26,34,45H,7,16-21H2,1-6H3/t24-,34-,37-,38+/m0/s1. The number of aliphatic hydroxyl groups is 1. The molecule has 0 unspecified atom stereocenters. The molecule has 49 heavy (non-hydrogen) atoms. The van der Waals surface area contributed by atoms with Gasteiger partial charge in [0.15, 0.2) is 5.72 Å². The van der Waals surface area contributed by atoms with Gasteiger partial charge < -0.3 is 19.3 Å². The predicted molar refractivity (Wildman–Crippen MR) is 192 cm³/mol. The molecule has 1 fully saturated rings. The summed E-state index contributed by atoms with van der Waals surface area (Å²) in [5.41, 5.74) is -1.84. The third-order valence-electron chi connectivity index (χ3n) is 10.1. The number of carbonyl (C=O) groups is 2. The average molecular weight is 731 g/mol. The van der Waals surface area contributed by atoms with Crippen molar-refractivity contribution in [3.63, 3.8) is 0 Å². The number of rotatable bonds is 12. The molecule has 2 aliphatic rings. The van der Waals surface area contributed by atoms with E-state index in [9.17, 15) is 9.90 Å². The molecule has 4 atom stereocenters. The van der Waals surface area contributed by atoms with Crippen LogP contribution in [0, 0.1) is 17.7 Å². The number of esters is 1. The predicted octanol–water partition coefficient (Wildman–Crippen LogP) is 8.72. The van der Waals surface area contributed by atoms with Crippen molar-refractivity contribution in [3.05, 3.63) is 104 Å². The first kappa shape index (κ1) is 37.5. The molecule has 0 spiro atoms. The van der Waals surface area contributed by atoms with Crippen molar-refractivity contribution >= 4 is 43.2 Å². The number of hydrogen-bond donors (Lipinski definition) is 1. The van der Waals surface area contributed by atoms with Gasteiger partial charge in [-0.05, 0) is 85.7 Å². The Bertz CT molecular complexity index is 1660. The van der Waals surface area contributed by atoms with Crippen LogP contribution in [0.2, 0.25) is 35.7 Å². The fraction of sp³-hybridized carbons (Fsp3) is 0.474. The molecule has 0 aliphatic carbocycles. The molecule has 11 heteroatoms. The molecule has 0 bridgehead atoms. The molecule has 1 saturated heterocycles. The topological polar surface area (TPSA) is 85.3 Å². The molecule has 2 heterocycles. The molecule has 0 saturated carbocycles. The average Bonchev–Trinajstić information content (AvgIpc) is 3.33. The molecule has 1 N–H and O–H groups in total. The lowest BCUT2D eigenvalue weighted by Crippen LogP contribution is -2.51. The Balaban J connectivity index is 1.73. The van der Waals surface area contributed by atoms with E-state index in [2.05, 4.69) is 19.6 Å². The van der Waals surface area contributed by atoms with Crippen LogP contribution in [-0.2, 0) is 30.3 Å². The highest BCUT2D eigenvalue weighted by Gasteiger charge is 2.58. The summed E-state index contributed by atoms with van der Waals surface area (Å²) in [6, 6.07) is 16.3. The van der Waals surface area contributed by atoms with E-state index in [0.717, 1.165) is 6.04 Å². The number of ether oxygens (including phenoxy) is 3. The zero-order chi connectivity index (χ0) is 35.7. The number of amides is 1. The first-order valence-electron chi connectivity index (χ1n) is 16.9. The summed E-state index contributed by atoms with van der Waals surface area (Å²) < 4.78 is 34.7. The lowest BCUT2D eigenvalue weighted by Gasteiger charge is -2.44. The number of halogens is 3. The van der Waals surface area contributed by atoms with Crippen LogP contribution in [0.25, 0.3) is 0 Å². The van der Waals surface area contributed by atoms with E-state index in [1.807, 2.05) is 6.92 Å². The van der Waals surface area contributed by atoms with Crippen molar-refractivity contribution < 1.29 is 33.3 Å². The highest BCUT2D eigenvalue weighted by Crippen LogP contribution is 2.53. The van der Waals surface area contributed by atoms with Gasteiger partial charge in [-0.3, -0.25) is 14.5 Å². The van der Waals surface area contributed by atoms with Crippen LogP contribution in [0.3, 0.4) is 0 Å². The Hall–Kier alpha value is -2.79. The van der Waals surface area contributed by atoms with Crippen LogP contribution in [0.15, 0.2) is 60.7 Å². The van der Waals surface area contributed by atoms with Crippen molar-refractivity contribution in [1.29, 1.82) is 0 Å². The summed E-state index contributed by atoms with van der Waals surface area (Å²) in [4.78, 5) is 30.3. The van der Waals surface area contributed by atoms with Crippen LogP contribution in [-0.4, -0.2) is 56.9 Å². The van der Waals surface area contributed by atoms with E-state index < -0.39 is 49.1 Å². The quantitative estimate of drug-likeness (QED) is 0.148. The summed E-state index contributed by atoms with van der Waals surface area (Å²) in [6.45, 7) is 11.4. The van der Waals surface area contributed by atoms with E-state index in [1.54, 1.807) is 61.5 Å². The first-order chi connectivity index (χ1) is 23.2. The summed E-state index contributed by atoms with van der Waals surface area (Å²) in [5.74, 6) is -2.85. The molecule has 0 aromatic heterocycles. The monoisotopic (exact) mass is 729 g/mol.